The molecule has 86 heavy (non-hydrogen) atoms. The number of ether oxygens (including phenoxy) is 2. The summed E-state index contributed by atoms with van der Waals surface area (Å²) in [5.41, 5.74) is 5.41. The van der Waals surface area contributed by atoms with E-state index >= 15 is 0 Å². The molecular formula is C76H144NO8P. The molecular weight excluding hydrogens is 1090 g/mol. The standard InChI is InChI=1S/C76H144NO8P/c1-3-5-7-9-11-13-15-17-19-21-23-25-27-29-31-32-33-34-35-36-37-38-39-40-41-43-44-46-48-50-52-54-56-58-60-62-64-66-68-75(78)82-72-74(73-84-86(80,81)83-71-70-77)85-76(79)69-67-65-63-61-59-57-55-53-51-49-47-45-42-30-28-26-24-22-20-18-16-14-12-10-8-6-4-2/h6,8,12,14,18,20,24,26,74H,3-5,7,9-11,13,15-17,19,21-23,25,27-73,77H2,1-2H3,(H,80,81)/b8-6-,14-12-,20-18-,26-24-. The number of carbonyl (C=O) groups is 2. The molecule has 0 aliphatic rings. The van der Waals surface area contributed by atoms with E-state index in [1.165, 1.54) is 295 Å². The molecule has 0 bridgehead atoms. The fourth-order valence-corrected chi connectivity index (χ4v) is 12.2. The first kappa shape index (κ1) is 84.0. The Hall–Kier alpha value is -2.03. The molecule has 0 spiro atoms. The van der Waals surface area contributed by atoms with E-state index in [2.05, 4.69) is 62.5 Å². The minimum absolute atomic E-state index is 0.0546. The monoisotopic (exact) mass is 1230 g/mol. The largest absolute Gasteiger partial charge is 0.472 e. The zero-order valence-electron chi connectivity index (χ0n) is 57.1. The number of unbranched alkanes of at least 4 members (excludes halogenated alkanes) is 51. The highest BCUT2D eigenvalue weighted by Crippen LogP contribution is 2.43. The van der Waals surface area contributed by atoms with Gasteiger partial charge in [0.1, 0.15) is 6.61 Å². The summed E-state index contributed by atoms with van der Waals surface area (Å²) in [4.78, 5) is 35.4. The third-order valence-electron chi connectivity index (χ3n) is 17.0. The highest BCUT2D eigenvalue weighted by molar-refractivity contribution is 7.47. The van der Waals surface area contributed by atoms with Gasteiger partial charge in [0.05, 0.1) is 13.2 Å². The lowest BCUT2D eigenvalue weighted by molar-refractivity contribution is -0.161. The van der Waals surface area contributed by atoms with E-state index in [9.17, 15) is 19.0 Å². The Balaban J connectivity index is 3.76. The molecule has 0 fully saturated rings. The van der Waals surface area contributed by atoms with Gasteiger partial charge in [-0.05, 0) is 51.4 Å². The second-order valence-electron chi connectivity index (χ2n) is 25.5. The Bertz CT molecular complexity index is 1550. The van der Waals surface area contributed by atoms with Crippen LogP contribution in [0, 0.1) is 0 Å². The van der Waals surface area contributed by atoms with Crippen LogP contribution in [0.4, 0.5) is 0 Å². The Morgan fingerprint density at radius 2 is 0.640 bits per heavy atom. The summed E-state index contributed by atoms with van der Waals surface area (Å²) >= 11 is 0. The SMILES string of the molecule is CC/C=C\C/C=C\C/C=C\C/C=C\CCCCCCCCCCCCCCCCC(=O)OC(COC(=O)CCCCCCCCCCCCCCCCCCCCCCCCCCCCCCCCCCCCCCCC)COP(=O)(O)OCCN. The van der Waals surface area contributed by atoms with E-state index in [0.717, 1.165) is 64.2 Å². The normalized spacial score (nSPS) is 13.1. The summed E-state index contributed by atoms with van der Waals surface area (Å²) in [5, 5.41) is 0. The first-order chi connectivity index (χ1) is 42.3. The van der Waals surface area contributed by atoms with Crippen LogP contribution in [0.15, 0.2) is 48.6 Å². The Kier molecular flexibility index (Phi) is 70.3. The summed E-state index contributed by atoms with van der Waals surface area (Å²) in [6, 6.07) is 0. The van der Waals surface area contributed by atoms with Crippen molar-refractivity contribution in [3.63, 3.8) is 0 Å². The number of hydrogen-bond acceptors (Lipinski definition) is 8. The Morgan fingerprint density at radius 3 is 0.953 bits per heavy atom. The first-order valence-electron chi connectivity index (χ1n) is 37.6. The highest BCUT2D eigenvalue weighted by Gasteiger charge is 2.26. The minimum atomic E-state index is -4.39. The molecule has 3 N–H and O–H groups in total. The number of allylic oxidation sites excluding steroid dienone is 8. The van der Waals surface area contributed by atoms with Gasteiger partial charge in [-0.25, -0.2) is 4.57 Å². The predicted octanol–water partition coefficient (Wildman–Crippen LogP) is 24.8. The van der Waals surface area contributed by atoms with Crippen LogP contribution >= 0.6 is 7.82 Å². The number of phosphoric ester groups is 1. The third-order valence-corrected chi connectivity index (χ3v) is 18.0. The summed E-state index contributed by atoms with van der Waals surface area (Å²) in [6.45, 7) is 3.70. The van der Waals surface area contributed by atoms with Crippen molar-refractivity contribution < 1.29 is 37.6 Å². The fraction of sp³-hybridized carbons (Fsp3) is 0.868. The molecule has 0 aliphatic heterocycles. The predicted molar refractivity (Wildman–Crippen MR) is 372 cm³/mol. The Morgan fingerprint density at radius 1 is 0.360 bits per heavy atom. The molecule has 506 valence electrons. The molecule has 0 saturated carbocycles. The lowest BCUT2D eigenvalue weighted by Crippen LogP contribution is -2.29. The van der Waals surface area contributed by atoms with Crippen LogP contribution in [-0.2, 0) is 32.7 Å². The maximum Gasteiger partial charge on any atom is 0.472 e. The maximum absolute atomic E-state index is 12.8. The molecule has 10 heteroatoms. The summed E-state index contributed by atoms with van der Waals surface area (Å²) < 4.78 is 33.2. The van der Waals surface area contributed by atoms with Crippen LogP contribution in [-0.4, -0.2) is 49.3 Å². The quantitative estimate of drug-likeness (QED) is 0.0264. The molecule has 0 amide bonds. The van der Waals surface area contributed by atoms with E-state index in [0.29, 0.717) is 6.42 Å². The van der Waals surface area contributed by atoms with Gasteiger partial charge in [0.25, 0.3) is 0 Å². The lowest BCUT2D eigenvalue weighted by Gasteiger charge is -2.19. The number of carbonyl (C=O) groups excluding carboxylic acids is 2. The van der Waals surface area contributed by atoms with Crippen LogP contribution < -0.4 is 5.73 Å². The second-order valence-corrected chi connectivity index (χ2v) is 27.0. The van der Waals surface area contributed by atoms with E-state index in [-0.39, 0.29) is 38.6 Å². The molecule has 0 aromatic carbocycles. The maximum atomic E-state index is 12.8. The van der Waals surface area contributed by atoms with E-state index in [1.54, 1.807) is 0 Å². The van der Waals surface area contributed by atoms with Gasteiger partial charge in [-0.2, -0.15) is 0 Å². The zero-order chi connectivity index (χ0) is 62.3. The lowest BCUT2D eigenvalue weighted by atomic mass is 10.0. The summed E-state index contributed by atoms with van der Waals surface area (Å²) in [7, 11) is -4.39. The number of phosphoric acid groups is 1. The van der Waals surface area contributed by atoms with Gasteiger partial charge in [0, 0.05) is 19.4 Å². The van der Waals surface area contributed by atoms with E-state index < -0.39 is 26.5 Å². The minimum Gasteiger partial charge on any atom is -0.462 e. The van der Waals surface area contributed by atoms with Crippen molar-refractivity contribution >= 4 is 19.8 Å². The van der Waals surface area contributed by atoms with Gasteiger partial charge in [0.15, 0.2) is 6.10 Å². The van der Waals surface area contributed by atoms with Crippen molar-refractivity contribution in [2.45, 2.75) is 399 Å². The van der Waals surface area contributed by atoms with E-state index in [1.807, 2.05) is 0 Å². The molecule has 2 atom stereocenters. The molecule has 2 unspecified atom stereocenters. The van der Waals surface area contributed by atoms with Gasteiger partial charge in [-0.1, -0.05) is 377 Å². The summed E-state index contributed by atoms with van der Waals surface area (Å²) in [5.74, 6) is -0.808. The topological polar surface area (TPSA) is 134 Å². The average molecular weight is 1230 g/mol. The molecule has 0 heterocycles. The van der Waals surface area contributed by atoms with Crippen LogP contribution in [0.25, 0.3) is 0 Å². The van der Waals surface area contributed by atoms with Crippen LogP contribution in [0.5, 0.6) is 0 Å². The molecule has 0 radical (unpaired) electrons. The van der Waals surface area contributed by atoms with E-state index in [4.69, 9.17) is 24.3 Å². The number of rotatable bonds is 72. The van der Waals surface area contributed by atoms with Crippen LogP contribution in [0.1, 0.15) is 393 Å². The highest BCUT2D eigenvalue weighted by atomic mass is 31.2. The molecule has 0 saturated heterocycles. The number of esters is 2. The smallest absolute Gasteiger partial charge is 0.462 e. The Labute approximate surface area is 534 Å². The van der Waals surface area contributed by atoms with Crippen LogP contribution in [0.2, 0.25) is 0 Å². The average Bonchev–Trinajstić information content (AvgIpc) is 3.60. The van der Waals surface area contributed by atoms with Crippen molar-refractivity contribution in [1.29, 1.82) is 0 Å². The first-order valence-corrected chi connectivity index (χ1v) is 39.1. The van der Waals surface area contributed by atoms with Gasteiger partial charge in [0.2, 0.25) is 0 Å². The van der Waals surface area contributed by atoms with Crippen molar-refractivity contribution in [3.05, 3.63) is 48.6 Å². The number of nitrogens with two attached hydrogens (primary N) is 1. The van der Waals surface area contributed by atoms with Gasteiger partial charge < -0.3 is 20.1 Å². The third kappa shape index (κ3) is 71.1. The van der Waals surface area contributed by atoms with Gasteiger partial charge in [-0.3, -0.25) is 18.6 Å². The van der Waals surface area contributed by atoms with Gasteiger partial charge >= 0.3 is 19.8 Å². The molecule has 0 aromatic heterocycles. The van der Waals surface area contributed by atoms with Gasteiger partial charge in [-0.15, -0.1) is 0 Å². The van der Waals surface area contributed by atoms with Crippen molar-refractivity contribution in [3.8, 4) is 0 Å². The molecule has 0 aliphatic carbocycles. The fourth-order valence-electron chi connectivity index (χ4n) is 11.5. The van der Waals surface area contributed by atoms with Crippen molar-refractivity contribution in [2.75, 3.05) is 26.4 Å². The molecule has 0 aromatic rings. The van der Waals surface area contributed by atoms with Crippen molar-refractivity contribution in [2.24, 2.45) is 5.73 Å². The molecule has 0 rings (SSSR count). The molecule has 9 nitrogen and oxygen atoms in total. The number of hydrogen-bond donors (Lipinski definition) is 2. The van der Waals surface area contributed by atoms with Crippen molar-refractivity contribution in [1.82, 2.24) is 0 Å². The zero-order valence-corrected chi connectivity index (χ0v) is 58.0. The summed E-state index contributed by atoms with van der Waals surface area (Å²) in [6.07, 6.45) is 92.4. The second kappa shape index (κ2) is 72.0. The van der Waals surface area contributed by atoms with Crippen LogP contribution in [0.3, 0.4) is 0 Å².